The number of hydrogen-bond donors (Lipinski definition) is 4. The molecule has 2 aromatic carbocycles. The molecule has 1 heterocycles. The molecule has 0 saturated heterocycles. The number of nitrogens with zero attached hydrogens (tertiary/aromatic N) is 5. The fraction of sp³-hybridized carbons (Fsp3) is 0.452. The van der Waals surface area contributed by atoms with Crippen molar-refractivity contribution in [2.75, 3.05) is 6.54 Å². The predicted molar refractivity (Wildman–Crippen MR) is 158 cm³/mol. The van der Waals surface area contributed by atoms with E-state index in [1.807, 2.05) is 24.3 Å². The van der Waals surface area contributed by atoms with Crippen LogP contribution in [0.1, 0.15) is 88.8 Å². The fourth-order valence-electron chi connectivity index (χ4n) is 6.40. The second-order valence-electron chi connectivity index (χ2n) is 11.9. The number of primary amides is 2. The number of amides is 3. The van der Waals surface area contributed by atoms with Gasteiger partial charge in [0.05, 0.1) is 18.0 Å². The van der Waals surface area contributed by atoms with E-state index in [0.717, 1.165) is 35.1 Å². The van der Waals surface area contributed by atoms with Gasteiger partial charge in [-0.05, 0) is 102 Å². The minimum Gasteiger partial charge on any atom is -0.366 e. The van der Waals surface area contributed by atoms with Gasteiger partial charge >= 0.3 is 0 Å². The van der Waals surface area contributed by atoms with Gasteiger partial charge in [0.15, 0.2) is 5.82 Å². The number of nitrogens with one attached hydrogen (secondary N) is 2. The number of carbonyl (C=O) groups is 3. The van der Waals surface area contributed by atoms with Crippen molar-refractivity contribution in [1.82, 2.24) is 30.8 Å². The number of nitrogens with two attached hydrogens (primary N) is 2. The largest absolute Gasteiger partial charge is 0.366 e. The molecular formula is C31H37N9O3. The molecule has 3 aromatic rings. The monoisotopic (exact) mass is 583 g/mol. The number of aromatic nitrogens is 4. The maximum Gasteiger partial charge on any atom is 0.248 e. The first-order valence-electron chi connectivity index (χ1n) is 14.6. The van der Waals surface area contributed by atoms with Crippen LogP contribution in [-0.4, -0.2) is 67.9 Å². The van der Waals surface area contributed by atoms with Crippen molar-refractivity contribution in [1.29, 1.82) is 5.26 Å². The van der Waals surface area contributed by atoms with Gasteiger partial charge in [0.2, 0.25) is 17.7 Å². The van der Waals surface area contributed by atoms with Crippen molar-refractivity contribution in [3.05, 3.63) is 75.6 Å². The summed E-state index contributed by atoms with van der Waals surface area (Å²) in [5.41, 5.74) is 14.8. The molecule has 6 N–H and O–H groups in total. The van der Waals surface area contributed by atoms with Crippen molar-refractivity contribution in [3.63, 3.8) is 0 Å². The van der Waals surface area contributed by atoms with Gasteiger partial charge in [0.25, 0.3) is 0 Å². The van der Waals surface area contributed by atoms with E-state index < -0.39 is 23.3 Å². The normalized spacial score (nSPS) is 16.7. The molecule has 0 spiro atoms. The van der Waals surface area contributed by atoms with Crippen LogP contribution in [0, 0.1) is 17.2 Å². The average molecular weight is 584 g/mol. The van der Waals surface area contributed by atoms with Crippen LogP contribution in [0.3, 0.4) is 0 Å². The van der Waals surface area contributed by atoms with E-state index in [-0.39, 0.29) is 30.5 Å². The van der Waals surface area contributed by atoms with Gasteiger partial charge in [0.1, 0.15) is 6.04 Å². The summed E-state index contributed by atoms with van der Waals surface area (Å²) in [4.78, 5) is 39.4. The third-order valence-electron chi connectivity index (χ3n) is 8.79. The highest BCUT2D eigenvalue weighted by molar-refractivity contribution is 5.94. The third kappa shape index (κ3) is 5.72. The lowest BCUT2D eigenvalue weighted by Crippen LogP contribution is -2.49. The maximum absolute atomic E-state index is 13.4. The molecule has 5 rings (SSSR count). The fourth-order valence-corrected chi connectivity index (χ4v) is 6.40. The van der Waals surface area contributed by atoms with Gasteiger partial charge in [-0.25, -0.2) is 5.10 Å². The highest BCUT2D eigenvalue weighted by Gasteiger charge is 2.46. The first kappa shape index (κ1) is 29.8. The second-order valence-corrected chi connectivity index (χ2v) is 11.9. The molecule has 43 heavy (non-hydrogen) atoms. The molecule has 2 aliphatic rings. The van der Waals surface area contributed by atoms with E-state index in [2.05, 4.69) is 45.9 Å². The van der Waals surface area contributed by atoms with Crippen LogP contribution in [0.4, 0.5) is 0 Å². The lowest BCUT2D eigenvalue weighted by atomic mass is 9.66. The smallest absolute Gasteiger partial charge is 0.248 e. The molecular weight excluding hydrogens is 546 g/mol. The SMILES string of the molecule is CC(C)[C@@H](CC1(c2nnn[nH]2)c2ccc(C(N)=O)cc2CCc2cc(C(N)=O)ccc21)NCC(=O)N(C(C)C#N)C1CC1. The Morgan fingerprint density at radius 2 is 1.63 bits per heavy atom. The summed E-state index contributed by atoms with van der Waals surface area (Å²) >= 11 is 0. The van der Waals surface area contributed by atoms with Crippen LogP contribution in [0.2, 0.25) is 0 Å². The van der Waals surface area contributed by atoms with Gasteiger partial charge in [-0.3, -0.25) is 14.4 Å². The van der Waals surface area contributed by atoms with Crippen LogP contribution in [-0.2, 0) is 23.1 Å². The van der Waals surface area contributed by atoms with E-state index in [9.17, 15) is 19.6 Å². The molecule has 1 aromatic heterocycles. The van der Waals surface area contributed by atoms with Gasteiger partial charge in [-0.15, -0.1) is 5.10 Å². The van der Waals surface area contributed by atoms with E-state index in [4.69, 9.17) is 11.5 Å². The summed E-state index contributed by atoms with van der Waals surface area (Å²) in [7, 11) is 0. The number of H-pyrrole nitrogens is 1. The number of carbonyl (C=O) groups excluding carboxylic acids is 3. The zero-order chi connectivity index (χ0) is 30.9. The number of tetrazole rings is 1. The number of benzene rings is 2. The molecule has 2 atom stereocenters. The van der Waals surface area contributed by atoms with Crippen LogP contribution in [0.15, 0.2) is 36.4 Å². The molecule has 224 valence electrons. The van der Waals surface area contributed by atoms with Crippen LogP contribution < -0.4 is 16.8 Å². The number of aromatic amines is 1. The molecule has 12 nitrogen and oxygen atoms in total. The summed E-state index contributed by atoms with van der Waals surface area (Å²) in [6.45, 7) is 5.98. The summed E-state index contributed by atoms with van der Waals surface area (Å²) in [5.74, 6) is -0.601. The quantitative estimate of drug-likeness (QED) is 0.262. The van der Waals surface area contributed by atoms with Crippen molar-refractivity contribution >= 4 is 17.7 Å². The van der Waals surface area contributed by atoms with Gasteiger partial charge in [-0.2, -0.15) is 5.26 Å². The zero-order valence-electron chi connectivity index (χ0n) is 24.6. The molecule has 1 fully saturated rings. The van der Waals surface area contributed by atoms with Crippen molar-refractivity contribution in [2.24, 2.45) is 17.4 Å². The van der Waals surface area contributed by atoms with Gasteiger partial charge < -0.3 is 21.7 Å². The van der Waals surface area contributed by atoms with E-state index in [1.54, 1.807) is 24.0 Å². The van der Waals surface area contributed by atoms with Gasteiger partial charge in [0, 0.05) is 23.2 Å². The summed E-state index contributed by atoms with van der Waals surface area (Å²) < 4.78 is 0. The number of aryl methyl sites for hydroxylation is 2. The maximum atomic E-state index is 13.4. The van der Waals surface area contributed by atoms with E-state index in [0.29, 0.717) is 36.2 Å². The molecule has 0 radical (unpaired) electrons. The molecule has 1 unspecified atom stereocenters. The van der Waals surface area contributed by atoms with E-state index >= 15 is 0 Å². The molecule has 0 bridgehead atoms. The van der Waals surface area contributed by atoms with Crippen LogP contribution in [0.5, 0.6) is 0 Å². The molecule has 3 amide bonds. The average Bonchev–Trinajstić information content (AvgIpc) is 3.69. The lowest BCUT2D eigenvalue weighted by Gasteiger charge is -2.39. The Balaban J connectivity index is 1.63. The zero-order valence-corrected chi connectivity index (χ0v) is 24.6. The van der Waals surface area contributed by atoms with Crippen molar-refractivity contribution in [2.45, 2.75) is 76.4 Å². The summed E-state index contributed by atoms with van der Waals surface area (Å²) in [6.07, 6.45) is 3.41. The molecule has 1 saturated carbocycles. The summed E-state index contributed by atoms with van der Waals surface area (Å²) in [5, 5.41) is 28.3. The Morgan fingerprint density at radius 3 is 2.07 bits per heavy atom. The minimum absolute atomic E-state index is 0.0665. The summed E-state index contributed by atoms with van der Waals surface area (Å²) in [6, 6.07) is 12.4. The van der Waals surface area contributed by atoms with E-state index in [1.165, 1.54) is 0 Å². The molecule has 12 heteroatoms. The highest BCUT2D eigenvalue weighted by atomic mass is 16.2. The van der Waals surface area contributed by atoms with Gasteiger partial charge in [-0.1, -0.05) is 26.0 Å². The predicted octanol–water partition coefficient (Wildman–Crippen LogP) is 1.74. The second kappa shape index (κ2) is 11.9. The number of rotatable bonds is 11. The Kier molecular flexibility index (Phi) is 8.28. The number of nitriles is 1. The number of fused-ring (bicyclic) bond motifs is 2. The Hall–Kier alpha value is -4.63. The minimum atomic E-state index is -0.946. The Morgan fingerprint density at radius 1 is 1.05 bits per heavy atom. The highest BCUT2D eigenvalue weighted by Crippen LogP contribution is 2.47. The third-order valence-corrected chi connectivity index (χ3v) is 8.79. The first-order chi connectivity index (χ1) is 20.6. The molecule has 2 aliphatic carbocycles. The standard InChI is InChI=1S/C31H37N9O3/c1-17(2)26(35-16-27(41)40(18(3)15-32)23-8-9-23)14-31(30-36-38-39-37-30)24-10-6-21(28(33)42)12-19(24)4-5-20-13-22(29(34)43)7-11-25(20)31/h6-7,10-13,17-18,23,26,35H,4-5,8-9,14,16H2,1-3H3,(H2,33,42)(H2,34,43)(H,36,37,38,39)/t18?,26-/m1/s1. The Bertz CT molecular complexity index is 1510. The molecule has 0 aliphatic heterocycles. The Labute approximate surface area is 250 Å². The number of hydrogen-bond acceptors (Lipinski definition) is 8. The van der Waals surface area contributed by atoms with Crippen LogP contribution >= 0.6 is 0 Å². The van der Waals surface area contributed by atoms with Crippen LogP contribution in [0.25, 0.3) is 0 Å². The lowest BCUT2D eigenvalue weighted by molar-refractivity contribution is -0.132. The van der Waals surface area contributed by atoms with Crippen molar-refractivity contribution < 1.29 is 14.4 Å². The topological polar surface area (TPSA) is 197 Å². The first-order valence-corrected chi connectivity index (χ1v) is 14.6. The van der Waals surface area contributed by atoms with Crippen molar-refractivity contribution in [3.8, 4) is 6.07 Å².